The molecule has 0 fully saturated rings. The molecule has 0 rings (SSSR count). The summed E-state index contributed by atoms with van der Waals surface area (Å²) in [6, 6.07) is 0. The van der Waals surface area contributed by atoms with Crippen molar-refractivity contribution in [2.45, 2.75) is 297 Å². The van der Waals surface area contributed by atoms with Gasteiger partial charge in [-0.05, 0) is 19.3 Å². The molecule has 0 aliphatic rings. The third-order valence-corrected chi connectivity index (χ3v) is 11.6. The first-order valence-corrected chi connectivity index (χ1v) is 25.5. The highest BCUT2D eigenvalue weighted by atomic mass is 16.6. The zero-order valence-electron chi connectivity index (χ0n) is 38.6. The molecular weight excluding hydrogens is 709 g/mol. The standard InChI is InChI=1S/C51H98O6/c1-4-7-10-13-16-19-21-23-24-25-26-27-28-30-33-36-39-42-45-51(54)57-48(46-55-49(52)43-40-37-34-31-18-15-12-9-6-3)47-56-50(53)44-41-38-35-32-29-22-20-17-14-11-8-5-2/h48H,4-47H2,1-3H3/t48-/m0/s1. The van der Waals surface area contributed by atoms with Gasteiger partial charge in [0.1, 0.15) is 13.2 Å². The molecule has 0 aliphatic carbocycles. The summed E-state index contributed by atoms with van der Waals surface area (Å²) in [6.07, 6.45) is 49.5. The Bertz CT molecular complexity index is 844. The second-order valence-corrected chi connectivity index (χ2v) is 17.5. The maximum absolute atomic E-state index is 12.8. The predicted octanol–water partition coefficient (Wildman–Crippen LogP) is 16.4. The molecule has 0 saturated carbocycles. The Kier molecular flexibility index (Phi) is 45.8. The van der Waals surface area contributed by atoms with Crippen LogP contribution < -0.4 is 0 Å². The molecule has 0 bridgehead atoms. The van der Waals surface area contributed by atoms with E-state index in [0.717, 1.165) is 57.8 Å². The lowest BCUT2D eigenvalue weighted by atomic mass is 10.0. The maximum Gasteiger partial charge on any atom is 0.306 e. The van der Waals surface area contributed by atoms with Gasteiger partial charge < -0.3 is 14.2 Å². The molecule has 0 aromatic carbocycles. The van der Waals surface area contributed by atoms with E-state index in [-0.39, 0.29) is 31.1 Å². The summed E-state index contributed by atoms with van der Waals surface area (Å²) >= 11 is 0. The molecular formula is C51H98O6. The molecule has 0 aromatic heterocycles. The molecule has 338 valence electrons. The molecule has 0 N–H and O–H groups in total. The van der Waals surface area contributed by atoms with Gasteiger partial charge in [-0.2, -0.15) is 0 Å². The predicted molar refractivity (Wildman–Crippen MR) is 243 cm³/mol. The summed E-state index contributed by atoms with van der Waals surface area (Å²) in [5.41, 5.74) is 0. The summed E-state index contributed by atoms with van der Waals surface area (Å²) < 4.78 is 16.8. The van der Waals surface area contributed by atoms with Gasteiger partial charge >= 0.3 is 17.9 Å². The topological polar surface area (TPSA) is 78.9 Å². The number of rotatable bonds is 47. The summed E-state index contributed by atoms with van der Waals surface area (Å²) in [5.74, 6) is -0.846. The number of carbonyl (C=O) groups excluding carboxylic acids is 3. The van der Waals surface area contributed by atoms with Crippen molar-refractivity contribution in [3.63, 3.8) is 0 Å². The van der Waals surface area contributed by atoms with Crippen LogP contribution in [-0.4, -0.2) is 37.2 Å². The van der Waals surface area contributed by atoms with Gasteiger partial charge in [0.15, 0.2) is 6.10 Å². The quantitative estimate of drug-likeness (QED) is 0.0346. The second kappa shape index (κ2) is 47.1. The number of hydrogen-bond acceptors (Lipinski definition) is 6. The van der Waals surface area contributed by atoms with E-state index in [1.165, 1.54) is 193 Å². The smallest absolute Gasteiger partial charge is 0.306 e. The Balaban J connectivity index is 4.24. The third kappa shape index (κ3) is 45.3. The van der Waals surface area contributed by atoms with Gasteiger partial charge in [-0.15, -0.1) is 0 Å². The van der Waals surface area contributed by atoms with Crippen LogP contribution in [0.3, 0.4) is 0 Å². The summed E-state index contributed by atoms with van der Waals surface area (Å²) in [7, 11) is 0. The van der Waals surface area contributed by atoms with Crippen LogP contribution in [0.4, 0.5) is 0 Å². The fraction of sp³-hybridized carbons (Fsp3) is 0.941. The average molecular weight is 807 g/mol. The van der Waals surface area contributed by atoms with Crippen LogP contribution in [0.1, 0.15) is 290 Å². The molecule has 0 radical (unpaired) electrons. The minimum atomic E-state index is -0.758. The van der Waals surface area contributed by atoms with Crippen molar-refractivity contribution in [1.29, 1.82) is 0 Å². The van der Waals surface area contributed by atoms with E-state index in [1.807, 2.05) is 0 Å². The molecule has 6 heteroatoms. The number of carbonyl (C=O) groups is 3. The largest absolute Gasteiger partial charge is 0.462 e. The Labute approximate surface area is 355 Å². The van der Waals surface area contributed by atoms with E-state index in [1.54, 1.807) is 0 Å². The van der Waals surface area contributed by atoms with Gasteiger partial charge in [0.05, 0.1) is 0 Å². The van der Waals surface area contributed by atoms with Gasteiger partial charge in [-0.3, -0.25) is 14.4 Å². The fourth-order valence-electron chi connectivity index (χ4n) is 7.74. The fourth-order valence-corrected chi connectivity index (χ4v) is 7.74. The van der Waals surface area contributed by atoms with E-state index >= 15 is 0 Å². The average Bonchev–Trinajstić information content (AvgIpc) is 3.21. The van der Waals surface area contributed by atoms with Crippen LogP contribution in [0.15, 0.2) is 0 Å². The van der Waals surface area contributed by atoms with Crippen molar-refractivity contribution in [1.82, 2.24) is 0 Å². The summed E-state index contributed by atoms with van der Waals surface area (Å²) in [4.78, 5) is 37.8. The molecule has 0 spiro atoms. The molecule has 57 heavy (non-hydrogen) atoms. The van der Waals surface area contributed by atoms with E-state index in [9.17, 15) is 14.4 Å². The third-order valence-electron chi connectivity index (χ3n) is 11.6. The van der Waals surface area contributed by atoms with Crippen molar-refractivity contribution >= 4 is 17.9 Å². The Morgan fingerprint density at radius 3 is 0.702 bits per heavy atom. The van der Waals surface area contributed by atoms with Crippen LogP contribution in [0, 0.1) is 0 Å². The Morgan fingerprint density at radius 1 is 0.281 bits per heavy atom. The first-order valence-electron chi connectivity index (χ1n) is 25.5. The van der Waals surface area contributed by atoms with Crippen molar-refractivity contribution in [3.8, 4) is 0 Å². The van der Waals surface area contributed by atoms with Crippen molar-refractivity contribution in [2.75, 3.05) is 13.2 Å². The first-order chi connectivity index (χ1) is 28.0. The Morgan fingerprint density at radius 2 is 0.474 bits per heavy atom. The number of unbranched alkanes of at least 4 members (excludes halogenated alkanes) is 36. The molecule has 0 heterocycles. The normalized spacial score (nSPS) is 11.8. The van der Waals surface area contributed by atoms with Crippen molar-refractivity contribution < 1.29 is 28.6 Å². The van der Waals surface area contributed by atoms with Crippen LogP contribution in [0.25, 0.3) is 0 Å². The maximum atomic E-state index is 12.8. The molecule has 0 aliphatic heterocycles. The second-order valence-electron chi connectivity index (χ2n) is 17.5. The highest BCUT2D eigenvalue weighted by Crippen LogP contribution is 2.17. The van der Waals surface area contributed by atoms with Gasteiger partial charge in [0, 0.05) is 19.3 Å². The van der Waals surface area contributed by atoms with E-state index < -0.39 is 6.10 Å². The molecule has 1 atom stereocenters. The van der Waals surface area contributed by atoms with Gasteiger partial charge in [0.2, 0.25) is 0 Å². The summed E-state index contributed by atoms with van der Waals surface area (Å²) in [6.45, 7) is 6.66. The number of ether oxygens (including phenoxy) is 3. The minimum absolute atomic E-state index is 0.0622. The van der Waals surface area contributed by atoms with Crippen molar-refractivity contribution in [2.24, 2.45) is 0 Å². The lowest BCUT2D eigenvalue weighted by molar-refractivity contribution is -0.167. The highest BCUT2D eigenvalue weighted by molar-refractivity contribution is 5.71. The van der Waals surface area contributed by atoms with Crippen LogP contribution >= 0.6 is 0 Å². The molecule has 0 amide bonds. The molecule has 0 unspecified atom stereocenters. The Hall–Kier alpha value is -1.59. The van der Waals surface area contributed by atoms with E-state index in [2.05, 4.69) is 20.8 Å². The SMILES string of the molecule is CCCCCCCCCCCCCCCCCCCCC(=O)O[C@@H](COC(=O)CCCCCCCCCCC)COC(=O)CCCCCCCCCCCCCC. The minimum Gasteiger partial charge on any atom is -0.462 e. The van der Waals surface area contributed by atoms with Crippen LogP contribution in [0.2, 0.25) is 0 Å². The summed E-state index contributed by atoms with van der Waals surface area (Å²) in [5, 5.41) is 0. The number of esters is 3. The van der Waals surface area contributed by atoms with Gasteiger partial charge in [-0.25, -0.2) is 0 Å². The monoisotopic (exact) mass is 807 g/mol. The van der Waals surface area contributed by atoms with Gasteiger partial charge in [0.25, 0.3) is 0 Å². The van der Waals surface area contributed by atoms with E-state index in [4.69, 9.17) is 14.2 Å². The van der Waals surface area contributed by atoms with Gasteiger partial charge in [-0.1, -0.05) is 252 Å². The van der Waals surface area contributed by atoms with Crippen molar-refractivity contribution in [3.05, 3.63) is 0 Å². The first kappa shape index (κ1) is 55.4. The zero-order chi connectivity index (χ0) is 41.5. The zero-order valence-corrected chi connectivity index (χ0v) is 38.6. The lowest BCUT2D eigenvalue weighted by Crippen LogP contribution is -2.30. The van der Waals surface area contributed by atoms with Crippen LogP contribution in [-0.2, 0) is 28.6 Å². The molecule has 0 saturated heterocycles. The molecule has 0 aromatic rings. The number of hydrogen-bond donors (Lipinski definition) is 0. The highest BCUT2D eigenvalue weighted by Gasteiger charge is 2.19. The van der Waals surface area contributed by atoms with E-state index in [0.29, 0.717) is 19.3 Å². The van der Waals surface area contributed by atoms with Crippen LogP contribution in [0.5, 0.6) is 0 Å². The molecule has 6 nitrogen and oxygen atoms in total. The lowest BCUT2D eigenvalue weighted by Gasteiger charge is -2.18.